The zero-order valence-corrected chi connectivity index (χ0v) is 17.4. The van der Waals surface area contributed by atoms with Gasteiger partial charge in [0.05, 0.1) is 24.3 Å². The van der Waals surface area contributed by atoms with E-state index < -0.39 is 0 Å². The summed E-state index contributed by atoms with van der Waals surface area (Å²) < 4.78 is 24.5. The molecule has 0 aliphatic rings. The lowest BCUT2D eigenvalue weighted by Crippen LogP contribution is -2.14. The van der Waals surface area contributed by atoms with Gasteiger partial charge in [-0.25, -0.2) is 14.4 Å². The lowest BCUT2D eigenvalue weighted by molar-refractivity contribution is -0.115. The fourth-order valence-electron chi connectivity index (χ4n) is 3.18. The molecule has 4 aromatic rings. The van der Waals surface area contributed by atoms with Gasteiger partial charge in [0.25, 0.3) is 0 Å². The van der Waals surface area contributed by atoms with Gasteiger partial charge in [-0.15, -0.1) is 0 Å². The fraction of sp³-hybridized carbons (Fsp3) is 0.167. The molecule has 0 spiro atoms. The zero-order chi connectivity index (χ0) is 22.3. The molecular weight excluding hydrogens is 411 g/mol. The average molecular weight is 432 g/mol. The Balaban J connectivity index is 1.60. The lowest BCUT2D eigenvalue weighted by atomic mass is 10.0. The molecule has 1 amide bonds. The van der Waals surface area contributed by atoms with Crippen LogP contribution in [0.4, 0.5) is 10.3 Å². The SMILES string of the molecule is CCCOc1cccc(CC(=O)Nc2onc(-c3ccc(F)cc3)c2-c2ccncn2)c1. The lowest BCUT2D eigenvalue weighted by Gasteiger charge is -2.08. The van der Waals surface area contributed by atoms with Gasteiger partial charge < -0.3 is 9.26 Å². The van der Waals surface area contributed by atoms with Gasteiger partial charge in [-0.05, 0) is 54.4 Å². The van der Waals surface area contributed by atoms with Crippen LogP contribution in [0, 0.1) is 5.82 Å². The molecule has 1 N–H and O–H groups in total. The number of ether oxygens (including phenoxy) is 1. The van der Waals surface area contributed by atoms with Crippen molar-refractivity contribution in [1.29, 1.82) is 0 Å². The number of carbonyl (C=O) groups excluding carboxylic acids is 1. The summed E-state index contributed by atoms with van der Waals surface area (Å²) in [6.07, 6.45) is 4.00. The second-order valence-corrected chi connectivity index (χ2v) is 7.06. The van der Waals surface area contributed by atoms with Crippen molar-refractivity contribution in [1.82, 2.24) is 15.1 Å². The molecule has 7 nitrogen and oxygen atoms in total. The van der Waals surface area contributed by atoms with Crippen molar-refractivity contribution in [3.63, 3.8) is 0 Å². The number of carbonyl (C=O) groups is 1. The van der Waals surface area contributed by atoms with Gasteiger partial charge in [0.15, 0.2) is 0 Å². The third kappa shape index (κ3) is 4.97. The van der Waals surface area contributed by atoms with E-state index in [0.29, 0.717) is 29.1 Å². The molecule has 0 bridgehead atoms. The van der Waals surface area contributed by atoms with E-state index in [1.165, 1.54) is 18.5 Å². The van der Waals surface area contributed by atoms with E-state index in [1.54, 1.807) is 24.4 Å². The molecule has 4 rings (SSSR count). The van der Waals surface area contributed by atoms with E-state index in [2.05, 4.69) is 20.4 Å². The van der Waals surface area contributed by atoms with Crippen molar-refractivity contribution in [2.24, 2.45) is 0 Å². The summed E-state index contributed by atoms with van der Waals surface area (Å²) in [5, 5.41) is 6.89. The number of aromatic nitrogens is 3. The maximum absolute atomic E-state index is 13.4. The first-order valence-corrected chi connectivity index (χ1v) is 10.2. The molecule has 8 heteroatoms. The van der Waals surface area contributed by atoms with Gasteiger partial charge >= 0.3 is 0 Å². The monoisotopic (exact) mass is 432 g/mol. The van der Waals surface area contributed by atoms with Crippen LogP contribution in [-0.2, 0) is 11.2 Å². The Hall–Kier alpha value is -4.07. The van der Waals surface area contributed by atoms with Crippen molar-refractivity contribution in [2.45, 2.75) is 19.8 Å². The predicted molar refractivity (Wildman–Crippen MR) is 117 cm³/mol. The minimum Gasteiger partial charge on any atom is -0.494 e. The summed E-state index contributed by atoms with van der Waals surface area (Å²) in [7, 11) is 0. The highest BCUT2D eigenvalue weighted by Gasteiger charge is 2.22. The van der Waals surface area contributed by atoms with Crippen LogP contribution < -0.4 is 10.1 Å². The van der Waals surface area contributed by atoms with E-state index in [-0.39, 0.29) is 24.0 Å². The number of rotatable bonds is 8. The fourth-order valence-corrected chi connectivity index (χ4v) is 3.18. The molecular formula is C24H21FN4O3. The van der Waals surface area contributed by atoms with Gasteiger partial charge in [0.2, 0.25) is 11.8 Å². The second kappa shape index (κ2) is 9.82. The molecule has 0 unspecified atom stereocenters. The van der Waals surface area contributed by atoms with E-state index in [1.807, 2.05) is 31.2 Å². The Bertz CT molecular complexity index is 1190. The molecule has 0 aliphatic heterocycles. The predicted octanol–water partition coefficient (Wildman–Crippen LogP) is 4.91. The number of halogens is 1. The largest absolute Gasteiger partial charge is 0.494 e. The van der Waals surface area contributed by atoms with Crippen molar-refractivity contribution >= 4 is 11.8 Å². The average Bonchev–Trinajstić information content (AvgIpc) is 3.22. The maximum Gasteiger partial charge on any atom is 0.241 e. The smallest absolute Gasteiger partial charge is 0.241 e. The number of hydrogen-bond donors (Lipinski definition) is 1. The molecule has 2 aromatic carbocycles. The summed E-state index contributed by atoms with van der Waals surface area (Å²) in [6.45, 7) is 2.65. The summed E-state index contributed by atoms with van der Waals surface area (Å²) in [6, 6.07) is 14.9. The van der Waals surface area contributed by atoms with Gasteiger partial charge in [0, 0.05) is 11.8 Å². The number of amides is 1. The van der Waals surface area contributed by atoms with Gasteiger partial charge in [-0.1, -0.05) is 24.2 Å². The van der Waals surface area contributed by atoms with Crippen LogP contribution >= 0.6 is 0 Å². The molecule has 0 atom stereocenters. The van der Waals surface area contributed by atoms with Crippen molar-refractivity contribution < 1.29 is 18.4 Å². The van der Waals surface area contributed by atoms with Crippen molar-refractivity contribution in [2.75, 3.05) is 11.9 Å². The van der Waals surface area contributed by atoms with Crippen LogP contribution in [0.3, 0.4) is 0 Å². The van der Waals surface area contributed by atoms with Crippen LogP contribution in [0.5, 0.6) is 5.75 Å². The Morgan fingerprint density at radius 2 is 2.00 bits per heavy atom. The van der Waals surface area contributed by atoms with Gasteiger partial charge in [-0.2, -0.15) is 0 Å². The number of anilines is 1. The highest BCUT2D eigenvalue weighted by Crippen LogP contribution is 2.36. The van der Waals surface area contributed by atoms with Crippen LogP contribution in [0.15, 0.2) is 71.6 Å². The van der Waals surface area contributed by atoms with Crippen LogP contribution in [0.1, 0.15) is 18.9 Å². The van der Waals surface area contributed by atoms with Crippen LogP contribution in [0.25, 0.3) is 22.5 Å². The molecule has 0 saturated carbocycles. The molecule has 32 heavy (non-hydrogen) atoms. The third-order valence-corrected chi connectivity index (χ3v) is 4.64. The van der Waals surface area contributed by atoms with E-state index >= 15 is 0 Å². The second-order valence-electron chi connectivity index (χ2n) is 7.06. The minimum absolute atomic E-state index is 0.124. The highest BCUT2D eigenvalue weighted by atomic mass is 19.1. The molecule has 0 saturated heterocycles. The Morgan fingerprint density at radius 1 is 1.16 bits per heavy atom. The standard InChI is InChI=1S/C24H21FN4O3/c1-2-12-31-19-5-3-4-16(13-19)14-21(30)28-24-22(20-10-11-26-15-27-20)23(29-32-24)17-6-8-18(25)9-7-17/h3-11,13,15H,2,12,14H2,1H3,(H,28,30). The summed E-state index contributed by atoms with van der Waals surface area (Å²) >= 11 is 0. The molecule has 0 radical (unpaired) electrons. The number of nitrogens with zero attached hydrogens (tertiary/aromatic N) is 3. The first kappa shape index (κ1) is 21.2. The van der Waals surface area contributed by atoms with Crippen LogP contribution in [-0.4, -0.2) is 27.6 Å². The van der Waals surface area contributed by atoms with Gasteiger partial charge in [0.1, 0.15) is 23.6 Å². The normalized spacial score (nSPS) is 10.7. The summed E-state index contributed by atoms with van der Waals surface area (Å²) in [5.74, 6) is 0.234. The molecule has 162 valence electrons. The molecule has 0 fully saturated rings. The molecule has 2 aromatic heterocycles. The topological polar surface area (TPSA) is 90.1 Å². The quantitative estimate of drug-likeness (QED) is 0.426. The molecule has 2 heterocycles. The van der Waals surface area contributed by atoms with E-state index in [9.17, 15) is 9.18 Å². The Labute approximate surface area is 184 Å². The summed E-state index contributed by atoms with van der Waals surface area (Å²) in [4.78, 5) is 21.0. The molecule has 0 aliphatic carbocycles. The van der Waals surface area contributed by atoms with E-state index in [0.717, 1.165) is 17.7 Å². The minimum atomic E-state index is -0.362. The van der Waals surface area contributed by atoms with Crippen molar-refractivity contribution in [3.8, 4) is 28.3 Å². The number of nitrogens with one attached hydrogen (secondary N) is 1. The zero-order valence-electron chi connectivity index (χ0n) is 17.4. The number of benzene rings is 2. The Kier molecular flexibility index (Phi) is 6.50. The summed E-state index contributed by atoms with van der Waals surface area (Å²) in [5.41, 5.74) is 2.88. The third-order valence-electron chi connectivity index (χ3n) is 4.64. The van der Waals surface area contributed by atoms with Gasteiger partial charge in [-0.3, -0.25) is 10.1 Å². The van der Waals surface area contributed by atoms with E-state index in [4.69, 9.17) is 9.26 Å². The highest BCUT2D eigenvalue weighted by molar-refractivity contribution is 5.97. The number of hydrogen-bond acceptors (Lipinski definition) is 6. The van der Waals surface area contributed by atoms with Crippen LogP contribution in [0.2, 0.25) is 0 Å². The first-order chi connectivity index (χ1) is 15.6. The van der Waals surface area contributed by atoms with Crippen molar-refractivity contribution in [3.05, 3.63) is 78.5 Å². The Morgan fingerprint density at radius 3 is 2.75 bits per heavy atom. The maximum atomic E-state index is 13.4. The first-order valence-electron chi connectivity index (χ1n) is 10.2.